The Kier molecular flexibility index (Phi) is 5.48. The molecule has 0 spiro atoms. The van der Waals surface area contributed by atoms with Crippen molar-refractivity contribution in [2.24, 2.45) is 0 Å². The van der Waals surface area contributed by atoms with Gasteiger partial charge >= 0.3 is 0 Å². The number of fused-ring (bicyclic) bond motifs is 1. The van der Waals surface area contributed by atoms with Gasteiger partial charge in [-0.15, -0.1) is 0 Å². The molecule has 0 saturated carbocycles. The zero-order valence-electron chi connectivity index (χ0n) is 16.6. The van der Waals surface area contributed by atoms with Crippen molar-refractivity contribution in [1.82, 2.24) is 0 Å². The van der Waals surface area contributed by atoms with Gasteiger partial charge in [0, 0.05) is 17.3 Å². The molecule has 0 unspecified atom stereocenters. The van der Waals surface area contributed by atoms with Crippen LogP contribution in [0, 0.1) is 0 Å². The minimum Gasteiger partial charge on any atom is -0.496 e. The number of amides is 3. The van der Waals surface area contributed by atoms with Crippen molar-refractivity contribution in [1.29, 1.82) is 0 Å². The Balaban J connectivity index is 1.61. The van der Waals surface area contributed by atoms with Crippen molar-refractivity contribution in [2.75, 3.05) is 24.4 Å². The van der Waals surface area contributed by atoms with Crippen LogP contribution in [0.5, 0.6) is 11.5 Å². The van der Waals surface area contributed by atoms with E-state index in [2.05, 4.69) is 21.2 Å². The molecule has 3 aromatic carbocycles. The number of hydrogen-bond donors (Lipinski definition) is 1. The van der Waals surface area contributed by atoms with Crippen molar-refractivity contribution in [2.45, 2.75) is 0 Å². The molecule has 0 fully saturated rings. The summed E-state index contributed by atoms with van der Waals surface area (Å²) in [6, 6.07) is 16.4. The van der Waals surface area contributed by atoms with Crippen LogP contribution in [-0.2, 0) is 0 Å². The van der Waals surface area contributed by atoms with Crippen LogP contribution in [0.1, 0.15) is 31.1 Å². The summed E-state index contributed by atoms with van der Waals surface area (Å²) in [4.78, 5) is 39.3. The third-order valence-electron chi connectivity index (χ3n) is 4.89. The Hall–Kier alpha value is -3.65. The summed E-state index contributed by atoms with van der Waals surface area (Å²) in [5, 5.41) is 2.79. The molecule has 1 N–H and O–H groups in total. The fourth-order valence-corrected chi connectivity index (χ4v) is 3.90. The summed E-state index contributed by atoms with van der Waals surface area (Å²) >= 11 is 3.36. The van der Waals surface area contributed by atoms with Gasteiger partial charge in [0.2, 0.25) is 0 Å². The summed E-state index contributed by atoms with van der Waals surface area (Å²) in [5.74, 6) is -0.275. The highest BCUT2D eigenvalue weighted by atomic mass is 79.9. The number of anilines is 2. The lowest BCUT2D eigenvalue weighted by atomic mass is 10.1. The quantitative estimate of drug-likeness (QED) is 0.542. The number of ether oxygens (including phenoxy) is 2. The highest BCUT2D eigenvalue weighted by Gasteiger charge is 2.37. The van der Waals surface area contributed by atoms with Crippen molar-refractivity contribution in [3.63, 3.8) is 0 Å². The number of benzene rings is 3. The molecule has 3 amide bonds. The maximum Gasteiger partial charge on any atom is 0.266 e. The van der Waals surface area contributed by atoms with E-state index in [9.17, 15) is 14.4 Å². The van der Waals surface area contributed by atoms with Crippen molar-refractivity contribution in [3.05, 3.63) is 81.8 Å². The molecule has 31 heavy (non-hydrogen) atoms. The minimum atomic E-state index is -0.418. The molecular formula is C23H17BrN2O5. The van der Waals surface area contributed by atoms with E-state index in [0.29, 0.717) is 38.3 Å². The van der Waals surface area contributed by atoms with Gasteiger partial charge in [0.1, 0.15) is 11.5 Å². The molecule has 8 heteroatoms. The molecule has 1 aliphatic rings. The number of carbonyl (C=O) groups is 3. The average molecular weight is 481 g/mol. The van der Waals surface area contributed by atoms with Crippen LogP contribution in [0.3, 0.4) is 0 Å². The minimum absolute atomic E-state index is 0.281. The van der Waals surface area contributed by atoms with Crippen molar-refractivity contribution >= 4 is 45.0 Å². The molecule has 0 atom stereocenters. The molecule has 0 bridgehead atoms. The monoisotopic (exact) mass is 480 g/mol. The first-order chi connectivity index (χ1) is 14.9. The molecule has 7 nitrogen and oxygen atoms in total. The van der Waals surface area contributed by atoms with E-state index in [0.717, 1.165) is 4.90 Å². The third-order valence-corrected chi connectivity index (χ3v) is 5.51. The number of methoxy groups -OCH3 is 2. The maximum atomic E-state index is 12.8. The summed E-state index contributed by atoms with van der Waals surface area (Å²) in [5.41, 5.74) is 1.87. The summed E-state index contributed by atoms with van der Waals surface area (Å²) in [6.45, 7) is 0. The maximum absolute atomic E-state index is 12.8. The molecule has 156 valence electrons. The van der Waals surface area contributed by atoms with E-state index < -0.39 is 11.8 Å². The zero-order valence-corrected chi connectivity index (χ0v) is 18.2. The van der Waals surface area contributed by atoms with Crippen LogP contribution in [0.15, 0.2) is 65.1 Å². The second kappa shape index (κ2) is 8.23. The average Bonchev–Trinajstić information content (AvgIpc) is 3.04. The number of hydrogen-bond acceptors (Lipinski definition) is 5. The third kappa shape index (κ3) is 3.66. The molecule has 4 rings (SSSR count). The molecule has 1 aliphatic heterocycles. The standard InChI is InChI=1S/C23H17BrN2O5/c1-30-19-10-7-13(11-17(19)24)21(27)25-14-8-9-18(20(12-14)31-2)26-22(28)15-5-3-4-6-16(15)23(26)29/h3-12H,1-2H3,(H,25,27). The first-order valence-electron chi connectivity index (χ1n) is 9.25. The fourth-order valence-electron chi connectivity index (χ4n) is 3.36. The van der Waals surface area contributed by atoms with Gasteiger partial charge in [-0.25, -0.2) is 4.90 Å². The predicted octanol–water partition coefficient (Wildman–Crippen LogP) is 4.52. The van der Waals surface area contributed by atoms with Crippen molar-refractivity contribution in [3.8, 4) is 11.5 Å². The highest BCUT2D eigenvalue weighted by molar-refractivity contribution is 9.10. The van der Waals surface area contributed by atoms with Gasteiger partial charge in [-0.2, -0.15) is 0 Å². The van der Waals surface area contributed by atoms with E-state index in [4.69, 9.17) is 9.47 Å². The molecule has 0 saturated heterocycles. The zero-order chi connectivity index (χ0) is 22.1. The van der Waals surface area contributed by atoms with Crippen molar-refractivity contribution < 1.29 is 23.9 Å². The van der Waals surface area contributed by atoms with E-state index in [-0.39, 0.29) is 11.7 Å². The Bertz CT molecular complexity index is 1190. The van der Waals surface area contributed by atoms with E-state index in [1.54, 1.807) is 67.8 Å². The summed E-state index contributed by atoms with van der Waals surface area (Å²) in [6.07, 6.45) is 0. The molecular weight excluding hydrogens is 464 g/mol. The van der Waals surface area contributed by atoms with Crippen LogP contribution < -0.4 is 19.7 Å². The van der Waals surface area contributed by atoms with E-state index in [1.807, 2.05) is 0 Å². The topological polar surface area (TPSA) is 84.9 Å². The van der Waals surface area contributed by atoms with E-state index >= 15 is 0 Å². The van der Waals surface area contributed by atoms with Gasteiger partial charge in [0.25, 0.3) is 17.7 Å². The first kappa shape index (κ1) is 20.6. The second-order valence-electron chi connectivity index (χ2n) is 6.68. The van der Waals surface area contributed by atoms with Gasteiger partial charge in [-0.1, -0.05) is 12.1 Å². The second-order valence-corrected chi connectivity index (χ2v) is 7.54. The lowest BCUT2D eigenvalue weighted by Crippen LogP contribution is -2.29. The Morgan fingerprint density at radius 1 is 0.871 bits per heavy atom. The van der Waals surface area contributed by atoms with Crippen LogP contribution in [-0.4, -0.2) is 31.9 Å². The van der Waals surface area contributed by atoms with Gasteiger partial charge in [0.15, 0.2) is 0 Å². The number of rotatable bonds is 5. The molecule has 3 aromatic rings. The van der Waals surface area contributed by atoms with Gasteiger partial charge in [-0.05, 0) is 58.4 Å². The molecule has 0 aromatic heterocycles. The number of carbonyl (C=O) groups excluding carboxylic acids is 3. The van der Waals surface area contributed by atoms with E-state index in [1.165, 1.54) is 7.11 Å². The molecule has 0 aliphatic carbocycles. The molecule has 1 heterocycles. The lowest BCUT2D eigenvalue weighted by molar-refractivity contribution is 0.0923. The van der Waals surface area contributed by atoms with Gasteiger partial charge in [0.05, 0.1) is 35.5 Å². The number of imide groups is 1. The summed E-state index contributed by atoms with van der Waals surface area (Å²) in [7, 11) is 2.98. The smallest absolute Gasteiger partial charge is 0.266 e. The Morgan fingerprint density at radius 3 is 2.10 bits per heavy atom. The predicted molar refractivity (Wildman–Crippen MR) is 119 cm³/mol. The van der Waals surface area contributed by atoms with Gasteiger partial charge in [-0.3, -0.25) is 14.4 Å². The van der Waals surface area contributed by atoms with Gasteiger partial charge < -0.3 is 14.8 Å². The van der Waals surface area contributed by atoms with Crippen LogP contribution in [0.2, 0.25) is 0 Å². The lowest BCUT2D eigenvalue weighted by Gasteiger charge is -2.18. The first-order valence-corrected chi connectivity index (χ1v) is 10.0. The number of halogens is 1. The Morgan fingerprint density at radius 2 is 1.52 bits per heavy atom. The van der Waals surface area contributed by atoms with Crippen LogP contribution >= 0.6 is 15.9 Å². The SMILES string of the molecule is COc1ccc(C(=O)Nc2ccc(N3C(=O)c4ccccc4C3=O)c(OC)c2)cc1Br. The van der Waals surface area contributed by atoms with Crippen LogP contribution in [0.4, 0.5) is 11.4 Å². The molecule has 0 radical (unpaired) electrons. The van der Waals surface area contributed by atoms with Crippen LogP contribution in [0.25, 0.3) is 0 Å². The fraction of sp³-hybridized carbons (Fsp3) is 0.0870. The largest absolute Gasteiger partial charge is 0.496 e. The highest BCUT2D eigenvalue weighted by Crippen LogP contribution is 2.36. The number of nitrogens with one attached hydrogen (secondary N) is 1. The normalized spacial score (nSPS) is 12.5. The number of nitrogens with zero attached hydrogens (tertiary/aromatic N) is 1. The Labute approximate surface area is 186 Å². The summed E-state index contributed by atoms with van der Waals surface area (Å²) < 4.78 is 11.2.